The van der Waals surface area contributed by atoms with Crippen LogP contribution in [0.3, 0.4) is 0 Å². The van der Waals surface area contributed by atoms with Crippen molar-refractivity contribution in [2.45, 2.75) is 17.1 Å². The quantitative estimate of drug-likeness (QED) is 0.829. The lowest BCUT2D eigenvalue weighted by Crippen LogP contribution is -2.56. The second-order valence-corrected chi connectivity index (χ2v) is 7.19. The molecule has 6 heteroatoms. The first-order valence-corrected chi connectivity index (χ1v) is 7.50. The first kappa shape index (κ1) is 12.6. The van der Waals surface area contributed by atoms with Crippen LogP contribution in [-0.4, -0.2) is 37.6 Å². The van der Waals surface area contributed by atoms with Gasteiger partial charge < -0.3 is 4.90 Å². The van der Waals surface area contributed by atoms with E-state index in [9.17, 15) is 13.2 Å². The number of nitrogens with zero attached hydrogens (tertiary/aromatic N) is 1. The molecule has 1 aromatic carbocycles. The lowest BCUT2D eigenvalue weighted by molar-refractivity contribution is -0.131. The predicted octanol–water partition coefficient (Wildman–Crippen LogP) is 1.45. The predicted molar refractivity (Wildman–Crippen MR) is 67.4 cm³/mol. The third-order valence-electron chi connectivity index (χ3n) is 2.87. The molecule has 1 heterocycles. The van der Waals surface area contributed by atoms with Crippen LogP contribution in [0.2, 0.25) is 0 Å². The van der Waals surface area contributed by atoms with Crippen molar-refractivity contribution in [3.8, 4) is 0 Å². The Hall–Kier alpha value is -0.880. The summed E-state index contributed by atoms with van der Waals surface area (Å²) in [4.78, 5) is 12.8. The van der Waals surface area contributed by atoms with Gasteiger partial charge in [-0.1, -0.05) is 15.9 Å². The second-order valence-electron chi connectivity index (χ2n) is 4.04. The SMILES string of the molecule is CC(=O)N1CC(S(=O)(=O)c2ccc(Br)cc2)C1. The minimum atomic E-state index is -3.30. The van der Waals surface area contributed by atoms with Crippen molar-refractivity contribution in [2.75, 3.05) is 13.1 Å². The van der Waals surface area contributed by atoms with Gasteiger partial charge in [-0.05, 0) is 24.3 Å². The van der Waals surface area contributed by atoms with E-state index in [2.05, 4.69) is 15.9 Å². The summed E-state index contributed by atoms with van der Waals surface area (Å²) in [6.07, 6.45) is 0. The van der Waals surface area contributed by atoms with Gasteiger partial charge in [0.2, 0.25) is 5.91 Å². The summed E-state index contributed by atoms with van der Waals surface area (Å²) in [5, 5.41) is -0.465. The average molecular weight is 318 g/mol. The highest BCUT2D eigenvalue weighted by Crippen LogP contribution is 2.24. The molecule has 0 saturated carbocycles. The molecule has 0 bridgehead atoms. The molecule has 1 aliphatic rings. The summed E-state index contributed by atoms with van der Waals surface area (Å²) >= 11 is 3.26. The number of hydrogen-bond acceptors (Lipinski definition) is 3. The maximum atomic E-state index is 12.1. The van der Waals surface area contributed by atoms with Gasteiger partial charge in [0, 0.05) is 24.5 Å². The summed E-state index contributed by atoms with van der Waals surface area (Å²) in [6.45, 7) is 2.05. The van der Waals surface area contributed by atoms with Crippen LogP contribution in [0.1, 0.15) is 6.92 Å². The molecule has 1 aromatic rings. The third-order valence-corrected chi connectivity index (χ3v) is 5.51. The van der Waals surface area contributed by atoms with E-state index in [0.29, 0.717) is 18.0 Å². The highest BCUT2D eigenvalue weighted by atomic mass is 79.9. The Labute approximate surface area is 109 Å². The number of amides is 1. The van der Waals surface area contributed by atoms with E-state index < -0.39 is 15.1 Å². The number of hydrogen-bond donors (Lipinski definition) is 0. The molecule has 0 unspecified atom stereocenters. The fourth-order valence-corrected chi connectivity index (χ4v) is 3.63. The van der Waals surface area contributed by atoms with Crippen molar-refractivity contribution in [3.63, 3.8) is 0 Å². The molecular formula is C11H12BrNO3S. The number of likely N-dealkylation sites (tertiary alicyclic amines) is 1. The molecule has 1 aliphatic heterocycles. The molecule has 2 rings (SSSR count). The van der Waals surface area contributed by atoms with Crippen molar-refractivity contribution >= 4 is 31.7 Å². The smallest absolute Gasteiger partial charge is 0.219 e. The number of carbonyl (C=O) groups excluding carboxylic acids is 1. The van der Waals surface area contributed by atoms with Gasteiger partial charge in [0.25, 0.3) is 0 Å². The van der Waals surface area contributed by atoms with Gasteiger partial charge in [-0.25, -0.2) is 8.42 Å². The highest BCUT2D eigenvalue weighted by Gasteiger charge is 2.39. The van der Waals surface area contributed by atoms with E-state index in [4.69, 9.17) is 0 Å². The van der Waals surface area contributed by atoms with Crippen molar-refractivity contribution in [1.29, 1.82) is 0 Å². The third kappa shape index (κ3) is 2.37. The molecule has 0 atom stereocenters. The zero-order chi connectivity index (χ0) is 12.6. The van der Waals surface area contributed by atoms with Gasteiger partial charge in [-0.3, -0.25) is 4.79 Å². The topological polar surface area (TPSA) is 54.5 Å². The molecule has 0 spiro atoms. The first-order valence-electron chi connectivity index (χ1n) is 5.16. The van der Waals surface area contributed by atoms with E-state index in [1.54, 1.807) is 24.3 Å². The van der Waals surface area contributed by atoms with Crippen LogP contribution in [0.25, 0.3) is 0 Å². The van der Waals surface area contributed by atoms with E-state index in [-0.39, 0.29) is 5.91 Å². The van der Waals surface area contributed by atoms with E-state index in [1.165, 1.54) is 11.8 Å². The summed E-state index contributed by atoms with van der Waals surface area (Å²) in [7, 11) is -3.30. The van der Waals surface area contributed by atoms with Crippen molar-refractivity contribution < 1.29 is 13.2 Å². The maximum absolute atomic E-state index is 12.1. The second kappa shape index (κ2) is 4.42. The van der Waals surface area contributed by atoms with Crippen LogP contribution in [-0.2, 0) is 14.6 Å². The highest BCUT2D eigenvalue weighted by molar-refractivity contribution is 9.10. The summed E-state index contributed by atoms with van der Waals surface area (Å²) < 4.78 is 25.1. The fourth-order valence-electron chi connectivity index (χ4n) is 1.71. The summed E-state index contributed by atoms with van der Waals surface area (Å²) in [5.41, 5.74) is 0. The zero-order valence-corrected chi connectivity index (χ0v) is 11.7. The fraction of sp³-hybridized carbons (Fsp3) is 0.364. The Balaban J connectivity index is 2.16. The maximum Gasteiger partial charge on any atom is 0.219 e. The van der Waals surface area contributed by atoms with Gasteiger partial charge in [0.05, 0.1) is 4.90 Å². The van der Waals surface area contributed by atoms with Gasteiger partial charge in [0.1, 0.15) is 5.25 Å². The largest absolute Gasteiger partial charge is 0.340 e. The van der Waals surface area contributed by atoms with Gasteiger partial charge in [-0.2, -0.15) is 0 Å². The van der Waals surface area contributed by atoms with Crippen LogP contribution in [0.5, 0.6) is 0 Å². The monoisotopic (exact) mass is 317 g/mol. The molecule has 1 saturated heterocycles. The molecular weight excluding hydrogens is 306 g/mol. The molecule has 0 aliphatic carbocycles. The van der Waals surface area contributed by atoms with Crippen molar-refractivity contribution in [2.24, 2.45) is 0 Å². The lowest BCUT2D eigenvalue weighted by Gasteiger charge is -2.37. The molecule has 1 fully saturated rings. The minimum Gasteiger partial charge on any atom is -0.340 e. The zero-order valence-electron chi connectivity index (χ0n) is 9.26. The normalized spacial score (nSPS) is 16.7. The number of halogens is 1. The lowest BCUT2D eigenvalue weighted by atomic mass is 10.2. The van der Waals surface area contributed by atoms with Crippen LogP contribution in [0.4, 0.5) is 0 Å². The van der Waals surface area contributed by atoms with Crippen molar-refractivity contribution in [1.82, 2.24) is 4.90 Å². The Kier molecular flexibility index (Phi) is 3.27. The number of benzene rings is 1. The minimum absolute atomic E-state index is 0.0766. The summed E-state index contributed by atoms with van der Waals surface area (Å²) in [6, 6.07) is 6.56. The van der Waals surface area contributed by atoms with Gasteiger partial charge in [-0.15, -0.1) is 0 Å². The Morgan fingerprint density at radius 2 is 1.82 bits per heavy atom. The van der Waals surface area contributed by atoms with E-state index >= 15 is 0 Å². The molecule has 92 valence electrons. The standard InChI is InChI=1S/C11H12BrNO3S/c1-8(14)13-6-11(7-13)17(15,16)10-4-2-9(12)3-5-10/h2-5,11H,6-7H2,1H3. The van der Waals surface area contributed by atoms with Crippen LogP contribution in [0.15, 0.2) is 33.6 Å². The average Bonchev–Trinajstić information content (AvgIpc) is 2.14. The molecule has 0 N–H and O–H groups in total. The van der Waals surface area contributed by atoms with Crippen molar-refractivity contribution in [3.05, 3.63) is 28.7 Å². The first-order chi connectivity index (χ1) is 7.91. The molecule has 0 radical (unpaired) electrons. The molecule has 17 heavy (non-hydrogen) atoms. The summed E-state index contributed by atoms with van der Waals surface area (Å²) in [5.74, 6) is -0.0766. The van der Waals surface area contributed by atoms with Gasteiger partial charge in [0.15, 0.2) is 9.84 Å². The Bertz CT molecular complexity index is 532. The van der Waals surface area contributed by atoms with Crippen LogP contribution < -0.4 is 0 Å². The Morgan fingerprint density at radius 3 is 2.29 bits per heavy atom. The Morgan fingerprint density at radius 1 is 1.29 bits per heavy atom. The van der Waals surface area contributed by atoms with E-state index in [1.807, 2.05) is 0 Å². The van der Waals surface area contributed by atoms with Crippen LogP contribution >= 0.6 is 15.9 Å². The molecule has 0 aromatic heterocycles. The number of carbonyl (C=O) groups is 1. The molecule has 4 nitrogen and oxygen atoms in total. The number of sulfone groups is 1. The molecule has 1 amide bonds. The van der Waals surface area contributed by atoms with Gasteiger partial charge >= 0.3 is 0 Å². The van der Waals surface area contributed by atoms with Crippen LogP contribution in [0, 0.1) is 0 Å². The van der Waals surface area contributed by atoms with E-state index in [0.717, 1.165) is 4.47 Å². The number of rotatable bonds is 2.